The highest BCUT2D eigenvalue weighted by molar-refractivity contribution is 6.71. The van der Waals surface area contributed by atoms with E-state index in [1.54, 1.807) is 0 Å². The molecule has 0 aromatic carbocycles. The summed E-state index contributed by atoms with van der Waals surface area (Å²) in [7, 11) is -2.67. The molecule has 0 bridgehead atoms. The van der Waals surface area contributed by atoms with E-state index in [-0.39, 0.29) is 0 Å². The van der Waals surface area contributed by atoms with Gasteiger partial charge in [-0.15, -0.1) is 0 Å². The highest BCUT2D eigenvalue weighted by Crippen LogP contribution is 2.20. The molecule has 0 unspecified atom stereocenters. The van der Waals surface area contributed by atoms with Gasteiger partial charge in [-0.2, -0.15) is 0 Å². The molecule has 0 radical (unpaired) electrons. The van der Waals surface area contributed by atoms with Crippen LogP contribution in [0.3, 0.4) is 0 Å². The predicted molar refractivity (Wildman–Crippen MR) is 81.7 cm³/mol. The molecule has 0 rings (SSSR count). The normalized spacial score (nSPS) is 13.1. The summed E-state index contributed by atoms with van der Waals surface area (Å²) in [6.07, 6.45) is 4.00. The number of hydrogen-bond donors (Lipinski definition) is 0. The van der Waals surface area contributed by atoms with Crippen molar-refractivity contribution in [1.82, 2.24) is 0 Å². The maximum absolute atomic E-state index is 5.84. The summed E-state index contributed by atoms with van der Waals surface area (Å²) in [5.41, 5.74) is 0. The number of hydrogen-bond acceptors (Lipinski definition) is 2. The van der Waals surface area contributed by atoms with Gasteiger partial charge in [-0.3, -0.25) is 0 Å². The summed E-state index contributed by atoms with van der Waals surface area (Å²) < 4.78 is 11.7. The Morgan fingerprint density at radius 2 is 1.00 bits per heavy atom. The Labute approximate surface area is 110 Å². The molecule has 104 valence electrons. The molecule has 0 heterocycles. The first-order valence-corrected chi connectivity index (χ1v) is 13.3. The van der Waals surface area contributed by atoms with Gasteiger partial charge in [-0.1, -0.05) is 19.3 Å². The second kappa shape index (κ2) is 8.45. The average Bonchev–Trinajstić information content (AvgIpc) is 2.16. The predicted octanol–water partition coefficient (Wildman–Crippen LogP) is 4.64. The highest BCUT2D eigenvalue weighted by atomic mass is 28.4. The Hall–Kier alpha value is 0.354. The quantitative estimate of drug-likeness (QED) is 0.427. The van der Waals surface area contributed by atoms with Gasteiger partial charge < -0.3 is 8.85 Å². The number of unbranched alkanes of at least 4 members (excludes halogenated alkanes) is 2. The Kier molecular flexibility index (Phi) is 8.63. The molecule has 0 aromatic heterocycles. The van der Waals surface area contributed by atoms with Crippen LogP contribution in [-0.2, 0) is 8.85 Å². The molecule has 0 aliphatic heterocycles. The second-order valence-corrected chi connectivity index (χ2v) is 14.6. The van der Waals surface area contributed by atoms with Crippen LogP contribution in [0.4, 0.5) is 0 Å². The lowest BCUT2D eigenvalue weighted by Gasteiger charge is -2.23. The van der Waals surface area contributed by atoms with Crippen LogP contribution in [-0.4, -0.2) is 29.8 Å². The first-order valence-electron chi connectivity index (χ1n) is 7.11. The van der Waals surface area contributed by atoms with Crippen LogP contribution < -0.4 is 0 Å². The fourth-order valence-electron chi connectivity index (χ4n) is 2.20. The van der Waals surface area contributed by atoms with Gasteiger partial charge in [-0.25, -0.2) is 0 Å². The molecule has 4 heteroatoms. The first kappa shape index (κ1) is 17.4. The van der Waals surface area contributed by atoms with Gasteiger partial charge in [0.05, 0.1) is 0 Å². The van der Waals surface area contributed by atoms with Gasteiger partial charge in [0.2, 0.25) is 0 Å². The van der Waals surface area contributed by atoms with E-state index in [1.165, 1.54) is 31.4 Å². The summed E-state index contributed by atoms with van der Waals surface area (Å²) in [5, 5.41) is 0. The molecule has 0 amide bonds. The van der Waals surface area contributed by atoms with E-state index in [0.717, 1.165) is 13.2 Å². The van der Waals surface area contributed by atoms with Crippen LogP contribution in [0.5, 0.6) is 0 Å². The topological polar surface area (TPSA) is 18.5 Å². The third kappa shape index (κ3) is 10.0. The fraction of sp³-hybridized carbons (Fsp3) is 1.00. The Bertz CT molecular complexity index is 174. The minimum absolute atomic E-state index is 0.878. The van der Waals surface area contributed by atoms with Crippen molar-refractivity contribution in [2.75, 3.05) is 13.2 Å². The van der Waals surface area contributed by atoms with E-state index in [4.69, 9.17) is 8.85 Å². The molecule has 0 atom stereocenters. The molecule has 2 nitrogen and oxygen atoms in total. The highest BCUT2D eigenvalue weighted by Gasteiger charge is 2.22. The molecule has 0 saturated carbocycles. The SMILES string of the molecule is CCO[Si](C)(C)CCCCC[Si](C)(C)OCC. The number of rotatable bonds is 10. The zero-order valence-corrected chi connectivity index (χ0v) is 14.8. The summed E-state index contributed by atoms with van der Waals surface area (Å²) in [6, 6.07) is 2.61. The van der Waals surface area contributed by atoms with Crippen molar-refractivity contribution < 1.29 is 8.85 Å². The Morgan fingerprint density at radius 1 is 0.647 bits per heavy atom. The lowest BCUT2D eigenvalue weighted by Crippen LogP contribution is -2.30. The lowest BCUT2D eigenvalue weighted by molar-refractivity contribution is 0.325. The Balaban J connectivity index is 3.58. The molecular weight excluding hydrogens is 244 g/mol. The van der Waals surface area contributed by atoms with Crippen molar-refractivity contribution in [2.24, 2.45) is 0 Å². The van der Waals surface area contributed by atoms with E-state index < -0.39 is 16.6 Å². The van der Waals surface area contributed by atoms with Crippen molar-refractivity contribution >= 4 is 16.6 Å². The minimum Gasteiger partial charge on any atom is -0.418 e. The average molecular weight is 277 g/mol. The summed E-state index contributed by atoms with van der Waals surface area (Å²) in [4.78, 5) is 0. The maximum atomic E-state index is 5.84. The Morgan fingerprint density at radius 3 is 1.29 bits per heavy atom. The largest absolute Gasteiger partial charge is 0.418 e. The zero-order chi connectivity index (χ0) is 13.4. The van der Waals surface area contributed by atoms with Crippen LogP contribution >= 0.6 is 0 Å². The smallest absolute Gasteiger partial charge is 0.186 e. The van der Waals surface area contributed by atoms with Gasteiger partial charge >= 0.3 is 0 Å². The minimum atomic E-state index is -1.33. The van der Waals surface area contributed by atoms with E-state index in [1.807, 2.05) is 0 Å². The third-order valence-corrected chi connectivity index (χ3v) is 8.38. The van der Waals surface area contributed by atoms with E-state index >= 15 is 0 Å². The van der Waals surface area contributed by atoms with Gasteiger partial charge in [0.1, 0.15) is 0 Å². The standard InChI is InChI=1S/C13H32O2Si2/c1-7-14-16(3,4)12-10-9-11-13-17(5,6)15-8-2/h7-13H2,1-6H3. The fourth-order valence-corrected chi connectivity index (χ4v) is 6.26. The van der Waals surface area contributed by atoms with Crippen LogP contribution in [0.25, 0.3) is 0 Å². The monoisotopic (exact) mass is 276 g/mol. The zero-order valence-electron chi connectivity index (χ0n) is 12.8. The van der Waals surface area contributed by atoms with Gasteiger partial charge in [-0.05, 0) is 52.1 Å². The second-order valence-electron chi connectivity index (χ2n) is 5.95. The van der Waals surface area contributed by atoms with Gasteiger partial charge in [0.15, 0.2) is 16.6 Å². The van der Waals surface area contributed by atoms with Gasteiger partial charge in [0, 0.05) is 13.2 Å². The molecular formula is C13H32O2Si2. The molecule has 17 heavy (non-hydrogen) atoms. The van der Waals surface area contributed by atoms with E-state index in [2.05, 4.69) is 40.0 Å². The van der Waals surface area contributed by atoms with E-state index in [0.29, 0.717) is 0 Å². The van der Waals surface area contributed by atoms with Crippen molar-refractivity contribution in [3.05, 3.63) is 0 Å². The molecule has 0 aliphatic rings. The van der Waals surface area contributed by atoms with Crippen molar-refractivity contribution in [3.63, 3.8) is 0 Å². The third-order valence-electron chi connectivity index (χ3n) is 3.13. The summed E-state index contributed by atoms with van der Waals surface area (Å²) >= 11 is 0. The molecule has 0 fully saturated rings. The first-order chi connectivity index (χ1) is 7.83. The van der Waals surface area contributed by atoms with Crippen LogP contribution in [0, 0.1) is 0 Å². The van der Waals surface area contributed by atoms with Crippen molar-refractivity contribution in [2.45, 2.75) is 71.4 Å². The van der Waals surface area contributed by atoms with Gasteiger partial charge in [0.25, 0.3) is 0 Å². The van der Waals surface area contributed by atoms with Crippen LogP contribution in [0.1, 0.15) is 33.1 Å². The maximum Gasteiger partial charge on any atom is 0.186 e. The summed E-state index contributed by atoms with van der Waals surface area (Å²) in [5.74, 6) is 0. The van der Waals surface area contributed by atoms with Crippen molar-refractivity contribution in [3.8, 4) is 0 Å². The molecule has 0 N–H and O–H groups in total. The molecule has 0 aromatic rings. The summed E-state index contributed by atoms with van der Waals surface area (Å²) in [6.45, 7) is 15.3. The molecule has 0 aliphatic carbocycles. The lowest BCUT2D eigenvalue weighted by atomic mass is 10.3. The molecule has 0 spiro atoms. The van der Waals surface area contributed by atoms with Crippen LogP contribution in [0.2, 0.25) is 38.3 Å². The molecule has 0 saturated heterocycles. The van der Waals surface area contributed by atoms with E-state index in [9.17, 15) is 0 Å². The van der Waals surface area contributed by atoms with Crippen LogP contribution in [0.15, 0.2) is 0 Å². The van der Waals surface area contributed by atoms with Crippen molar-refractivity contribution in [1.29, 1.82) is 0 Å².